The highest BCUT2D eigenvalue weighted by molar-refractivity contribution is 5.08. The van der Waals surface area contributed by atoms with E-state index >= 15 is 0 Å². The van der Waals surface area contributed by atoms with Crippen molar-refractivity contribution in [3.63, 3.8) is 0 Å². The summed E-state index contributed by atoms with van der Waals surface area (Å²) in [6.45, 7) is 9.24. The molecule has 2 bridgehead atoms. The third kappa shape index (κ3) is 1.60. The normalized spacial score (nSPS) is 53.8. The van der Waals surface area contributed by atoms with Gasteiger partial charge >= 0.3 is 0 Å². The molecule has 3 fully saturated rings. The molecule has 5 atom stereocenters. The first kappa shape index (κ1) is 12.0. The van der Waals surface area contributed by atoms with Crippen molar-refractivity contribution >= 4 is 0 Å². The molecule has 2 aliphatic carbocycles. The van der Waals surface area contributed by atoms with E-state index in [1.54, 1.807) is 0 Å². The van der Waals surface area contributed by atoms with E-state index in [9.17, 15) is 0 Å². The molecule has 3 rings (SSSR count). The van der Waals surface area contributed by atoms with Gasteiger partial charge in [-0.05, 0) is 56.8 Å². The molecule has 1 saturated heterocycles. The molecule has 0 radical (unpaired) electrons. The van der Waals surface area contributed by atoms with Gasteiger partial charge in [0.15, 0.2) is 0 Å². The van der Waals surface area contributed by atoms with Crippen LogP contribution in [0.5, 0.6) is 0 Å². The Balaban J connectivity index is 1.97. The summed E-state index contributed by atoms with van der Waals surface area (Å²) < 4.78 is 0. The van der Waals surface area contributed by atoms with Gasteiger partial charge in [-0.1, -0.05) is 20.8 Å². The van der Waals surface area contributed by atoms with Crippen molar-refractivity contribution in [3.05, 3.63) is 0 Å². The maximum atomic E-state index is 5.86. The molecule has 17 heavy (non-hydrogen) atoms. The van der Waals surface area contributed by atoms with Crippen LogP contribution >= 0.6 is 0 Å². The Morgan fingerprint density at radius 1 is 1.18 bits per heavy atom. The second-order valence-electron chi connectivity index (χ2n) is 7.37. The van der Waals surface area contributed by atoms with Crippen molar-refractivity contribution in [1.82, 2.24) is 0 Å². The first-order valence-electron chi connectivity index (χ1n) is 7.31. The highest BCUT2D eigenvalue weighted by atomic mass is 17.2. The van der Waals surface area contributed by atoms with E-state index in [-0.39, 0.29) is 5.60 Å². The second-order valence-corrected chi connectivity index (χ2v) is 7.37. The first-order chi connectivity index (χ1) is 7.97. The highest BCUT2D eigenvalue weighted by Crippen LogP contribution is 2.63. The van der Waals surface area contributed by atoms with Crippen LogP contribution in [0.1, 0.15) is 59.8 Å². The van der Waals surface area contributed by atoms with Crippen LogP contribution in [0.15, 0.2) is 0 Å². The van der Waals surface area contributed by atoms with Crippen molar-refractivity contribution in [2.24, 2.45) is 23.2 Å². The number of fused-ring (bicyclic) bond motifs is 1. The van der Waals surface area contributed by atoms with Gasteiger partial charge in [-0.2, -0.15) is 0 Å². The second kappa shape index (κ2) is 3.71. The Bertz CT molecular complexity index is 314. The van der Waals surface area contributed by atoms with E-state index in [0.717, 1.165) is 11.8 Å². The molecule has 1 heterocycles. The maximum absolute atomic E-state index is 5.86. The summed E-state index contributed by atoms with van der Waals surface area (Å²) in [5.41, 5.74) is 0.408. The van der Waals surface area contributed by atoms with Gasteiger partial charge in [0.1, 0.15) is 11.7 Å². The van der Waals surface area contributed by atoms with Gasteiger partial charge in [0.05, 0.1) is 0 Å². The Kier molecular flexibility index (Phi) is 2.61. The van der Waals surface area contributed by atoms with Gasteiger partial charge in [0.2, 0.25) is 0 Å². The molecule has 2 heteroatoms. The third-order valence-electron chi connectivity index (χ3n) is 5.70. The standard InChI is InChI=1S/C15H26O2/c1-10(2)13-15-8-5-11(3)12(15)6-7-14(4,9-15)17-16-13/h10-13H,5-9H2,1-4H3/t11-,12+,13-,14+,15+/m1/s1. The zero-order chi connectivity index (χ0) is 12.3. The fourth-order valence-electron chi connectivity index (χ4n) is 5.05. The lowest BCUT2D eigenvalue weighted by atomic mass is 9.57. The molecule has 2 saturated carbocycles. The molecule has 0 aromatic carbocycles. The molecule has 2 nitrogen and oxygen atoms in total. The average molecular weight is 238 g/mol. The highest BCUT2D eigenvalue weighted by Gasteiger charge is 2.61. The lowest BCUT2D eigenvalue weighted by Gasteiger charge is -2.56. The molecule has 0 unspecified atom stereocenters. The Labute approximate surface area is 105 Å². The summed E-state index contributed by atoms with van der Waals surface area (Å²) in [6.07, 6.45) is 6.77. The molecule has 0 N–H and O–H groups in total. The monoisotopic (exact) mass is 238 g/mol. The number of rotatable bonds is 1. The minimum atomic E-state index is -0.00799. The lowest BCUT2D eigenvalue weighted by molar-refractivity contribution is -0.452. The van der Waals surface area contributed by atoms with E-state index in [1.165, 1.54) is 32.1 Å². The van der Waals surface area contributed by atoms with Crippen molar-refractivity contribution in [2.45, 2.75) is 71.5 Å². The molecular weight excluding hydrogens is 212 g/mol. The summed E-state index contributed by atoms with van der Waals surface area (Å²) in [5.74, 6) is 2.31. The lowest BCUT2D eigenvalue weighted by Crippen LogP contribution is -2.58. The summed E-state index contributed by atoms with van der Waals surface area (Å²) in [7, 11) is 0. The fourth-order valence-corrected chi connectivity index (χ4v) is 5.05. The molecule has 1 aliphatic heterocycles. The quantitative estimate of drug-likeness (QED) is 0.644. The minimum Gasteiger partial charge on any atom is -0.232 e. The van der Waals surface area contributed by atoms with Crippen LogP contribution in [-0.4, -0.2) is 11.7 Å². The predicted molar refractivity (Wildman–Crippen MR) is 67.4 cm³/mol. The Morgan fingerprint density at radius 3 is 2.65 bits per heavy atom. The Morgan fingerprint density at radius 2 is 1.94 bits per heavy atom. The molecule has 98 valence electrons. The smallest absolute Gasteiger partial charge is 0.101 e. The zero-order valence-electron chi connectivity index (χ0n) is 11.7. The van der Waals surface area contributed by atoms with Gasteiger partial charge in [-0.3, -0.25) is 0 Å². The van der Waals surface area contributed by atoms with Crippen LogP contribution in [-0.2, 0) is 9.78 Å². The van der Waals surface area contributed by atoms with E-state index < -0.39 is 0 Å². The number of hydrogen-bond acceptors (Lipinski definition) is 2. The van der Waals surface area contributed by atoms with Crippen LogP contribution < -0.4 is 0 Å². The topological polar surface area (TPSA) is 18.5 Å². The molecule has 1 spiro atoms. The van der Waals surface area contributed by atoms with Crippen LogP contribution in [0.2, 0.25) is 0 Å². The molecule has 3 aliphatic rings. The predicted octanol–water partition coefficient (Wildman–Crippen LogP) is 3.95. The molecule has 0 aromatic rings. The van der Waals surface area contributed by atoms with Gasteiger partial charge in [0.25, 0.3) is 0 Å². The maximum Gasteiger partial charge on any atom is 0.101 e. The minimum absolute atomic E-state index is 0.00799. The summed E-state index contributed by atoms with van der Waals surface area (Å²) >= 11 is 0. The van der Waals surface area contributed by atoms with Gasteiger partial charge in [0, 0.05) is 5.41 Å². The van der Waals surface area contributed by atoms with Crippen molar-refractivity contribution in [1.29, 1.82) is 0 Å². The Hall–Kier alpha value is -0.0800. The largest absolute Gasteiger partial charge is 0.232 e. The van der Waals surface area contributed by atoms with Crippen molar-refractivity contribution in [3.8, 4) is 0 Å². The number of hydrogen-bond donors (Lipinski definition) is 0. The van der Waals surface area contributed by atoms with Crippen LogP contribution in [0.4, 0.5) is 0 Å². The van der Waals surface area contributed by atoms with Gasteiger partial charge in [-0.15, -0.1) is 0 Å². The molecule has 0 amide bonds. The fraction of sp³-hybridized carbons (Fsp3) is 1.00. The van der Waals surface area contributed by atoms with Crippen molar-refractivity contribution in [2.75, 3.05) is 0 Å². The van der Waals surface area contributed by atoms with Crippen molar-refractivity contribution < 1.29 is 9.78 Å². The van der Waals surface area contributed by atoms with Crippen LogP contribution in [0.3, 0.4) is 0 Å². The summed E-state index contributed by atoms with van der Waals surface area (Å²) in [4.78, 5) is 11.6. The average Bonchev–Trinajstić information content (AvgIpc) is 2.54. The van der Waals surface area contributed by atoms with E-state index in [2.05, 4.69) is 27.7 Å². The molecular formula is C15H26O2. The molecule has 0 aromatic heterocycles. The third-order valence-corrected chi connectivity index (χ3v) is 5.70. The van der Waals surface area contributed by atoms with E-state index in [4.69, 9.17) is 9.78 Å². The summed E-state index contributed by atoms with van der Waals surface area (Å²) in [6, 6.07) is 0. The van der Waals surface area contributed by atoms with Gasteiger partial charge < -0.3 is 0 Å². The van der Waals surface area contributed by atoms with E-state index in [0.29, 0.717) is 17.4 Å². The van der Waals surface area contributed by atoms with Gasteiger partial charge in [-0.25, -0.2) is 9.78 Å². The zero-order valence-corrected chi connectivity index (χ0v) is 11.7. The van der Waals surface area contributed by atoms with Crippen LogP contribution in [0, 0.1) is 23.2 Å². The summed E-state index contributed by atoms with van der Waals surface area (Å²) in [5, 5.41) is 0. The van der Waals surface area contributed by atoms with Crippen LogP contribution in [0.25, 0.3) is 0 Å². The SMILES string of the molecule is CC(C)[C@H]1OO[C@@]2(C)CC[C@H]3[C@H](C)CC[C@@]13C2. The van der Waals surface area contributed by atoms with E-state index in [1.807, 2.05) is 0 Å². The first-order valence-corrected chi connectivity index (χ1v) is 7.31.